The number of aromatic nitrogens is 2. The molecule has 0 spiro atoms. The van der Waals surface area contributed by atoms with Gasteiger partial charge in [0.1, 0.15) is 6.54 Å². The third-order valence-electron chi connectivity index (χ3n) is 4.11. The highest BCUT2D eigenvalue weighted by Gasteiger charge is 2.21. The molecule has 3 aromatic rings. The van der Waals surface area contributed by atoms with Crippen LogP contribution in [0.2, 0.25) is 0 Å². The van der Waals surface area contributed by atoms with Gasteiger partial charge in [0.2, 0.25) is 15.7 Å². The highest BCUT2D eigenvalue weighted by atomic mass is 79.9. The highest BCUT2D eigenvalue weighted by molar-refractivity contribution is 9.10. The maximum atomic E-state index is 12.8. The van der Waals surface area contributed by atoms with E-state index in [0.29, 0.717) is 10.2 Å². The Labute approximate surface area is 176 Å². The summed E-state index contributed by atoms with van der Waals surface area (Å²) >= 11 is 3.37. The van der Waals surface area contributed by atoms with Gasteiger partial charge in [0.25, 0.3) is 5.56 Å². The van der Waals surface area contributed by atoms with Crippen molar-refractivity contribution < 1.29 is 13.2 Å². The number of carbonyl (C=O) groups is 1. The Morgan fingerprint density at radius 1 is 1.07 bits per heavy atom. The molecular formula is C20H18BrN3O4S. The Balaban J connectivity index is 1.87. The minimum absolute atomic E-state index is 0.0724. The molecule has 29 heavy (non-hydrogen) atoms. The quantitative estimate of drug-likeness (QED) is 0.611. The summed E-state index contributed by atoms with van der Waals surface area (Å²) in [7, 11) is -3.92. The number of aryl methyl sites for hydroxylation is 2. The van der Waals surface area contributed by atoms with Gasteiger partial charge in [-0.05, 0) is 71.2 Å². The Hall–Kier alpha value is -2.78. The van der Waals surface area contributed by atoms with Crippen LogP contribution in [-0.2, 0) is 21.2 Å². The lowest BCUT2D eigenvalue weighted by Crippen LogP contribution is -2.30. The van der Waals surface area contributed by atoms with Crippen LogP contribution in [-0.4, -0.2) is 24.1 Å². The zero-order valence-electron chi connectivity index (χ0n) is 15.7. The molecule has 0 aliphatic rings. The number of carbonyl (C=O) groups excluding carboxylic acids is 1. The number of amides is 1. The van der Waals surface area contributed by atoms with Crippen molar-refractivity contribution in [1.29, 1.82) is 0 Å². The van der Waals surface area contributed by atoms with E-state index in [4.69, 9.17) is 0 Å². The first-order valence-corrected chi connectivity index (χ1v) is 10.9. The van der Waals surface area contributed by atoms with Crippen LogP contribution in [0.4, 0.5) is 5.69 Å². The van der Waals surface area contributed by atoms with E-state index < -0.39 is 27.8 Å². The minimum atomic E-state index is -3.92. The molecule has 1 amide bonds. The highest BCUT2D eigenvalue weighted by Crippen LogP contribution is 2.23. The summed E-state index contributed by atoms with van der Waals surface area (Å²) in [6, 6.07) is 14.0. The standard InChI is InChI=1S/C20H18BrN3O4S/c1-13-4-3-5-15(10-13)29(27,28)19-8-9-20(26)24(23-19)12-18(25)22-17-7-6-14(2)11-16(17)21/h3-11H,12H2,1-2H3,(H,22,25). The topological polar surface area (TPSA) is 98.1 Å². The van der Waals surface area contributed by atoms with Crippen molar-refractivity contribution in [2.24, 2.45) is 0 Å². The van der Waals surface area contributed by atoms with E-state index in [-0.39, 0.29) is 9.92 Å². The Kier molecular flexibility index (Phi) is 5.99. The molecule has 1 N–H and O–H groups in total. The van der Waals surface area contributed by atoms with Crippen LogP contribution in [0.1, 0.15) is 11.1 Å². The lowest BCUT2D eigenvalue weighted by atomic mass is 10.2. The summed E-state index contributed by atoms with van der Waals surface area (Å²) in [5.74, 6) is -0.505. The summed E-state index contributed by atoms with van der Waals surface area (Å²) in [5, 5.41) is 6.29. The SMILES string of the molecule is Cc1cccc(S(=O)(=O)c2ccc(=O)n(CC(=O)Nc3ccc(C)cc3Br)n2)c1. The van der Waals surface area contributed by atoms with Crippen LogP contribution in [0.5, 0.6) is 0 Å². The second-order valence-corrected chi connectivity index (χ2v) is 9.27. The van der Waals surface area contributed by atoms with Crippen LogP contribution in [0.15, 0.2) is 73.8 Å². The molecule has 2 aromatic carbocycles. The van der Waals surface area contributed by atoms with Gasteiger partial charge >= 0.3 is 0 Å². The number of hydrogen-bond acceptors (Lipinski definition) is 5. The van der Waals surface area contributed by atoms with Gasteiger partial charge in [0, 0.05) is 10.5 Å². The summed E-state index contributed by atoms with van der Waals surface area (Å²) in [5.41, 5.74) is 1.76. The van der Waals surface area contributed by atoms with Gasteiger partial charge in [-0.25, -0.2) is 13.1 Å². The van der Waals surface area contributed by atoms with E-state index in [0.717, 1.165) is 27.9 Å². The van der Waals surface area contributed by atoms with Gasteiger partial charge in [-0.2, -0.15) is 5.10 Å². The van der Waals surface area contributed by atoms with E-state index in [1.54, 1.807) is 25.1 Å². The molecular weight excluding hydrogens is 458 g/mol. The van der Waals surface area contributed by atoms with Crippen LogP contribution >= 0.6 is 15.9 Å². The first-order valence-electron chi connectivity index (χ1n) is 8.63. The monoisotopic (exact) mass is 475 g/mol. The van der Waals surface area contributed by atoms with Crippen molar-refractivity contribution in [2.45, 2.75) is 30.3 Å². The zero-order valence-corrected chi connectivity index (χ0v) is 18.1. The summed E-state index contributed by atoms with van der Waals surface area (Å²) in [4.78, 5) is 24.5. The number of hydrogen-bond donors (Lipinski definition) is 1. The van der Waals surface area contributed by atoms with Crippen molar-refractivity contribution in [1.82, 2.24) is 9.78 Å². The number of sulfone groups is 1. The average Bonchev–Trinajstić information content (AvgIpc) is 2.65. The molecule has 0 aliphatic carbocycles. The molecule has 0 fully saturated rings. The molecule has 0 saturated carbocycles. The fourth-order valence-electron chi connectivity index (χ4n) is 2.64. The predicted octanol–water partition coefficient (Wildman–Crippen LogP) is 3.09. The molecule has 1 heterocycles. The molecule has 150 valence electrons. The Morgan fingerprint density at radius 2 is 1.79 bits per heavy atom. The zero-order chi connectivity index (χ0) is 21.2. The molecule has 3 rings (SSSR count). The summed E-state index contributed by atoms with van der Waals surface area (Å²) in [6.45, 7) is 3.28. The maximum Gasteiger partial charge on any atom is 0.267 e. The number of nitrogens with one attached hydrogen (secondary N) is 1. The normalized spacial score (nSPS) is 11.3. The molecule has 7 nitrogen and oxygen atoms in total. The molecule has 0 radical (unpaired) electrons. The molecule has 0 atom stereocenters. The van der Waals surface area contributed by atoms with Gasteiger partial charge < -0.3 is 5.32 Å². The number of benzene rings is 2. The van der Waals surface area contributed by atoms with E-state index in [1.807, 2.05) is 19.1 Å². The van der Waals surface area contributed by atoms with E-state index in [1.165, 1.54) is 12.1 Å². The Morgan fingerprint density at radius 3 is 2.48 bits per heavy atom. The molecule has 0 aliphatic heterocycles. The number of anilines is 1. The molecule has 0 bridgehead atoms. The third-order valence-corrected chi connectivity index (χ3v) is 6.41. The lowest BCUT2D eigenvalue weighted by Gasteiger charge is -2.10. The van der Waals surface area contributed by atoms with E-state index in [9.17, 15) is 18.0 Å². The van der Waals surface area contributed by atoms with E-state index in [2.05, 4.69) is 26.3 Å². The third kappa shape index (κ3) is 4.80. The van der Waals surface area contributed by atoms with Gasteiger partial charge in [-0.3, -0.25) is 9.59 Å². The predicted molar refractivity (Wildman–Crippen MR) is 113 cm³/mol. The molecule has 0 saturated heterocycles. The van der Waals surface area contributed by atoms with Gasteiger partial charge in [0.05, 0.1) is 10.6 Å². The summed E-state index contributed by atoms with van der Waals surface area (Å²) < 4.78 is 27.2. The fraction of sp³-hybridized carbons (Fsp3) is 0.150. The van der Waals surface area contributed by atoms with Crippen LogP contribution in [0, 0.1) is 13.8 Å². The van der Waals surface area contributed by atoms with Crippen LogP contribution in [0.25, 0.3) is 0 Å². The maximum absolute atomic E-state index is 12.8. The van der Waals surface area contributed by atoms with Crippen molar-refractivity contribution in [3.05, 3.63) is 80.6 Å². The van der Waals surface area contributed by atoms with Gasteiger partial charge in [-0.15, -0.1) is 0 Å². The lowest BCUT2D eigenvalue weighted by molar-refractivity contribution is -0.117. The van der Waals surface area contributed by atoms with Crippen molar-refractivity contribution in [2.75, 3.05) is 5.32 Å². The molecule has 1 aromatic heterocycles. The number of nitrogens with zero attached hydrogens (tertiary/aromatic N) is 2. The van der Waals surface area contributed by atoms with Crippen molar-refractivity contribution >= 4 is 37.4 Å². The molecule has 0 unspecified atom stereocenters. The Bertz CT molecular complexity index is 1250. The fourth-order valence-corrected chi connectivity index (χ4v) is 4.52. The van der Waals surface area contributed by atoms with Crippen molar-refractivity contribution in [3.63, 3.8) is 0 Å². The second kappa shape index (κ2) is 8.30. The first-order chi connectivity index (χ1) is 13.7. The number of halogens is 1. The largest absolute Gasteiger partial charge is 0.323 e. The first kappa shape index (κ1) is 20.9. The van der Waals surface area contributed by atoms with Crippen molar-refractivity contribution in [3.8, 4) is 0 Å². The van der Waals surface area contributed by atoms with E-state index >= 15 is 0 Å². The second-order valence-electron chi connectivity index (χ2n) is 6.52. The molecule has 9 heteroatoms. The summed E-state index contributed by atoms with van der Waals surface area (Å²) in [6.07, 6.45) is 0. The van der Waals surface area contributed by atoms with Gasteiger partial charge in [-0.1, -0.05) is 18.2 Å². The average molecular weight is 476 g/mol. The smallest absolute Gasteiger partial charge is 0.267 e. The minimum Gasteiger partial charge on any atom is -0.323 e. The van der Waals surface area contributed by atoms with Crippen LogP contribution in [0.3, 0.4) is 0 Å². The number of rotatable bonds is 5. The van der Waals surface area contributed by atoms with Crippen LogP contribution < -0.4 is 10.9 Å². The van der Waals surface area contributed by atoms with Gasteiger partial charge in [0.15, 0.2) is 5.03 Å².